The molecule has 0 bridgehead atoms. The summed E-state index contributed by atoms with van der Waals surface area (Å²) in [5, 5.41) is 14.1. The molecule has 6 nitrogen and oxygen atoms in total. The van der Waals surface area contributed by atoms with Gasteiger partial charge in [0.1, 0.15) is 0 Å². The maximum Gasteiger partial charge on any atom is 0.250 e. The van der Waals surface area contributed by atoms with Crippen molar-refractivity contribution in [2.24, 2.45) is 5.10 Å². The Hall–Kier alpha value is -2.35. The number of benzene rings is 2. The van der Waals surface area contributed by atoms with Crippen LogP contribution in [0.1, 0.15) is 38.8 Å². The highest BCUT2D eigenvalue weighted by atomic mass is 35.5. The summed E-state index contributed by atoms with van der Waals surface area (Å²) in [6, 6.07) is 13.6. The summed E-state index contributed by atoms with van der Waals surface area (Å²) >= 11 is 13.4. The van der Waals surface area contributed by atoms with Crippen molar-refractivity contribution in [1.82, 2.24) is 20.2 Å². The second-order valence-electron chi connectivity index (χ2n) is 8.10. The molecule has 9 heteroatoms. The van der Waals surface area contributed by atoms with Crippen LogP contribution in [0, 0.1) is 0 Å². The number of hydrogen-bond donors (Lipinski definition) is 1. The number of halogens is 2. The molecule has 2 aromatic carbocycles. The van der Waals surface area contributed by atoms with Crippen LogP contribution in [0.15, 0.2) is 52.7 Å². The smallest absolute Gasteiger partial charge is 0.250 e. The molecule has 0 saturated carbocycles. The van der Waals surface area contributed by atoms with Crippen LogP contribution in [0.5, 0.6) is 0 Å². The van der Waals surface area contributed by atoms with Gasteiger partial charge in [-0.05, 0) is 24.0 Å². The number of rotatable bonds is 7. The second-order valence-corrected chi connectivity index (χ2v) is 9.83. The minimum atomic E-state index is -0.258. The number of nitrogens with zero attached hydrogens (tertiary/aromatic N) is 4. The average molecular weight is 490 g/mol. The monoisotopic (exact) mass is 489 g/mol. The lowest BCUT2D eigenvalue weighted by molar-refractivity contribution is -0.118. The molecule has 0 saturated heterocycles. The first kappa shape index (κ1) is 24.3. The van der Waals surface area contributed by atoms with E-state index in [4.69, 9.17) is 23.2 Å². The molecule has 1 N–H and O–H groups in total. The molecule has 1 heterocycles. The van der Waals surface area contributed by atoms with Gasteiger partial charge in [-0.2, -0.15) is 5.10 Å². The molecule has 32 heavy (non-hydrogen) atoms. The zero-order valence-electron chi connectivity index (χ0n) is 18.4. The van der Waals surface area contributed by atoms with Crippen LogP contribution >= 0.6 is 35.0 Å². The van der Waals surface area contributed by atoms with E-state index in [1.807, 2.05) is 11.5 Å². The predicted octanol–water partition coefficient (Wildman–Crippen LogP) is 5.81. The lowest BCUT2D eigenvalue weighted by Crippen LogP contribution is -2.20. The third-order valence-electron chi connectivity index (χ3n) is 4.75. The van der Waals surface area contributed by atoms with Gasteiger partial charge in [0.15, 0.2) is 11.0 Å². The Morgan fingerprint density at radius 3 is 2.53 bits per heavy atom. The lowest BCUT2D eigenvalue weighted by Gasteiger charge is -2.19. The number of thioether (sulfide) groups is 1. The minimum absolute atomic E-state index is 0.0892. The summed E-state index contributed by atoms with van der Waals surface area (Å²) in [6.45, 7) is 9.27. The van der Waals surface area contributed by atoms with Gasteiger partial charge in [-0.1, -0.05) is 92.1 Å². The van der Waals surface area contributed by atoms with E-state index in [1.165, 1.54) is 23.5 Å². The van der Waals surface area contributed by atoms with Crippen molar-refractivity contribution in [3.8, 4) is 11.4 Å². The van der Waals surface area contributed by atoms with E-state index in [0.717, 1.165) is 11.4 Å². The maximum atomic E-state index is 12.2. The molecule has 0 unspecified atom stereocenters. The zero-order chi connectivity index (χ0) is 23.3. The van der Waals surface area contributed by atoms with Crippen LogP contribution in [-0.4, -0.2) is 32.6 Å². The third-order valence-corrected chi connectivity index (χ3v) is 6.55. The Morgan fingerprint density at radius 1 is 1.16 bits per heavy atom. The summed E-state index contributed by atoms with van der Waals surface area (Å²) in [5.74, 6) is 0.678. The molecule has 3 rings (SSSR count). The van der Waals surface area contributed by atoms with Crippen LogP contribution in [0.4, 0.5) is 0 Å². The number of amides is 1. The number of carbonyl (C=O) groups is 1. The molecule has 0 spiro atoms. The highest BCUT2D eigenvalue weighted by Gasteiger charge is 2.17. The van der Waals surface area contributed by atoms with Crippen molar-refractivity contribution < 1.29 is 4.79 Å². The third kappa shape index (κ3) is 5.91. The van der Waals surface area contributed by atoms with Crippen molar-refractivity contribution in [3.05, 3.63) is 63.6 Å². The highest BCUT2D eigenvalue weighted by Crippen LogP contribution is 2.28. The van der Waals surface area contributed by atoms with Crippen molar-refractivity contribution in [1.29, 1.82) is 0 Å². The summed E-state index contributed by atoms with van der Waals surface area (Å²) < 4.78 is 2.00. The Kier molecular flexibility index (Phi) is 7.98. The number of hydrogen-bond acceptors (Lipinski definition) is 5. The average Bonchev–Trinajstić information content (AvgIpc) is 3.17. The van der Waals surface area contributed by atoms with Gasteiger partial charge in [-0.15, -0.1) is 10.2 Å². The van der Waals surface area contributed by atoms with Gasteiger partial charge >= 0.3 is 0 Å². The molecular weight excluding hydrogens is 465 g/mol. The van der Waals surface area contributed by atoms with Gasteiger partial charge in [0.05, 0.1) is 22.0 Å². The first-order valence-corrected chi connectivity index (χ1v) is 11.9. The summed E-state index contributed by atoms with van der Waals surface area (Å²) in [7, 11) is 0. The van der Waals surface area contributed by atoms with Gasteiger partial charge in [0.2, 0.25) is 0 Å². The first-order chi connectivity index (χ1) is 15.2. The maximum absolute atomic E-state index is 12.2. The number of nitrogens with one attached hydrogen (secondary N) is 1. The predicted molar refractivity (Wildman–Crippen MR) is 133 cm³/mol. The normalized spacial score (nSPS) is 11.8. The topological polar surface area (TPSA) is 72.2 Å². The van der Waals surface area contributed by atoms with E-state index in [9.17, 15) is 4.79 Å². The summed E-state index contributed by atoms with van der Waals surface area (Å²) in [6.07, 6.45) is 1.46. The van der Waals surface area contributed by atoms with E-state index < -0.39 is 0 Å². The molecule has 0 aliphatic carbocycles. The fourth-order valence-electron chi connectivity index (χ4n) is 2.97. The van der Waals surface area contributed by atoms with Crippen LogP contribution in [0.25, 0.3) is 11.4 Å². The van der Waals surface area contributed by atoms with E-state index in [-0.39, 0.29) is 17.1 Å². The molecule has 3 aromatic rings. The summed E-state index contributed by atoms with van der Waals surface area (Å²) in [4.78, 5) is 12.2. The number of hydrazone groups is 1. The highest BCUT2D eigenvalue weighted by molar-refractivity contribution is 7.99. The van der Waals surface area contributed by atoms with Crippen LogP contribution in [0.2, 0.25) is 10.0 Å². The molecule has 0 aliphatic rings. The Bertz CT molecular complexity index is 1120. The van der Waals surface area contributed by atoms with Crippen molar-refractivity contribution >= 4 is 47.1 Å². The molecule has 1 amide bonds. The van der Waals surface area contributed by atoms with Gasteiger partial charge in [-0.25, -0.2) is 5.43 Å². The quantitative estimate of drug-likeness (QED) is 0.258. The SMILES string of the molecule is CCn1c(SCC(=O)NN=Cc2cccc(Cl)c2Cl)nnc1-c1ccc(C(C)(C)C)cc1. The number of aromatic nitrogens is 3. The van der Waals surface area contributed by atoms with Gasteiger partial charge < -0.3 is 4.57 Å². The molecule has 0 aliphatic heterocycles. The summed E-state index contributed by atoms with van der Waals surface area (Å²) in [5.41, 5.74) is 5.46. The van der Waals surface area contributed by atoms with E-state index in [1.54, 1.807) is 18.2 Å². The lowest BCUT2D eigenvalue weighted by atomic mass is 9.87. The van der Waals surface area contributed by atoms with Crippen molar-refractivity contribution in [2.75, 3.05) is 5.75 Å². The molecule has 0 atom stereocenters. The molecule has 0 radical (unpaired) electrons. The van der Waals surface area contributed by atoms with Crippen LogP contribution in [-0.2, 0) is 16.8 Å². The van der Waals surface area contributed by atoms with Crippen molar-refractivity contribution in [2.45, 2.75) is 44.8 Å². The second kappa shape index (κ2) is 10.5. The van der Waals surface area contributed by atoms with E-state index >= 15 is 0 Å². The minimum Gasteiger partial charge on any atom is -0.302 e. The van der Waals surface area contributed by atoms with Gasteiger partial charge in [-0.3, -0.25) is 4.79 Å². The Balaban J connectivity index is 1.63. The Labute approximate surface area is 202 Å². The Morgan fingerprint density at radius 2 is 1.88 bits per heavy atom. The van der Waals surface area contributed by atoms with Gasteiger partial charge in [0.25, 0.3) is 5.91 Å². The van der Waals surface area contributed by atoms with Gasteiger partial charge in [0, 0.05) is 17.7 Å². The standard InChI is InChI=1S/C23H25Cl2N5OS/c1-5-30-21(15-9-11-17(12-10-15)23(2,3)4)28-29-22(30)32-14-19(31)27-26-13-16-7-6-8-18(24)20(16)25/h6-13H,5,14H2,1-4H3,(H,27,31). The van der Waals surface area contributed by atoms with E-state index in [2.05, 4.69) is 65.8 Å². The molecule has 168 valence electrons. The zero-order valence-corrected chi connectivity index (χ0v) is 20.7. The first-order valence-electron chi connectivity index (χ1n) is 10.1. The van der Waals surface area contributed by atoms with Crippen LogP contribution < -0.4 is 5.43 Å². The fourth-order valence-corrected chi connectivity index (χ4v) is 4.12. The molecular formula is C23H25Cl2N5OS. The number of carbonyl (C=O) groups excluding carboxylic acids is 1. The largest absolute Gasteiger partial charge is 0.302 e. The molecule has 0 fully saturated rings. The fraction of sp³-hybridized carbons (Fsp3) is 0.304. The van der Waals surface area contributed by atoms with Crippen molar-refractivity contribution in [3.63, 3.8) is 0 Å². The molecule has 1 aromatic heterocycles. The van der Waals surface area contributed by atoms with E-state index in [0.29, 0.717) is 27.3 Å². The van der Waals surface area contributed by atoms with Crippen LogP contribution in [0.3, 0.4) is 0 Å².